The van der Waals surface area contributed by atoms with Crippen LogP contribution in [0.3, 0.4) is 0 Å². The standard InChI is InChI=1S/C11H17N3O2S/c1-14(7-5-3-4-6-7)10-8(11(15)16-2)9(12)13-17-10/h7H,3-6H2,1-2H3,(H2,12,13). The Morgan fingerprint density at radius 2 is 2.18 bits per heavy atom. The highest BCUT2D eigenvalue weighted by molar-refractivity contribution is 7.11. The number of esters is 1. The number of carbonyl (C=O) groups is 1. The lowest BCUT2D eigenvalue weighted by Crippen LogP contribution is -2.29. The molecule has 1 aromatic heterocycles. The fourth-order valence-electron chi connectivity index (χ4n) is 2.29. The Balaban J connectivity index is 2.28. The van der Waals surface area contributed by atoms with Gasteiger partial charge in [0, 0.05) is 13.1 Å². The summed E-state index contributed by atoms with van der Waals surface area (Å²) in [5.41, 5.74) is 6.14. The highest BCUT2D eigenvalue weighted by Crippen LogP contribution is 2.35. The van der Waals surface area contributed by atoms with Crippen molar-refractivity contribution < 1.29 is 9.53 Å². The van der Waals surface area contributed by atoms with Gasteiger partial charge < -0.3 is 15.4 Å². The first kappa shape index (κ1) is 12.2. The molecule has 0 spiro atoms. The van der Waals surface area contributed by atoms with Crippen LogP contribution in [0.1, 0.15) is 36.0 Å². The van der Waals surface area contributed by atoms with Crippen LogP contribution in [0.15, 0.2) is 0 Å². The second-order valence-corrected chi connectivity index (χ2v) is 5.04. The van der Waals surface area contributed by atoms with Gasteiger partial charge in [-0.15, -0.1) is 0 Å². The van der Waals surface area contributed by atoms with E-state index in [1.807, 2.05) is 7.05 Å². The summed E-state index contributed by atoms with van der Waals surface area (Å²) in [6, 6.07) is 0.484. The zero-order valence-electron chi connectivity index (χ0n) is 10.1. The second kappa shape index (κ2) is 4.91. The van der Waals surface area contributed by atoms with Crippen LogP contribution in [-0.2, 0) is 4.74 Å². The molecule has 0 unspecified atom stereocenters. The molecule has 17 heavy (non-hydrogen) atoms. The number of carbonyl (C=O) groups excluding carboxylic acids is 1. The van der Waals surface area contributed by atoms with E-state index in [2.05, 4.69) is 9.27 Å². The molecule has 1 fully saturated rings. The summed E-state index contributed by atoms with van der Waals surface area (Å²) in [5, 5.41) is 0.821. The minimum atomic E-state index is -0.406. The van der Waals surface area contributed by atoms with E-state index in [4.69, 9.17) is 10.5 Å². The van der Waals surface area contributed by atoms with Crippen LogP contribution in [0.25, 0.3) is 0 Å². The lowest BCUT2D eigenvalue weighted by molar-refractivity contribution is 0.0603. The molecule has 1 aliphatic carbocycles. The average molecular weight is 255 g/mol. The summed E-state index contributed by atoms with van der Waals surface area (Å²) in [7, 11) is 3.36. The predicted octanol–water partition coefficient (Wildman–Crippen LogP) is 1.89. The van der Waals surface area contributed by atoms with Gasteiger partial charge in [-0.05, 0) is 24.4 Å². The molecule has 0 saturated heterocycles. The molecule has 1 heterocycles. The van der Waals surface area contributed by atoms with Gasteiger partial charge in [0.05, 0.1) is 7.11 Å². The molecule has 0 aliphatic heterocycles. The molecule has 6 heteroatoms. The Morgan fingerprint density at radius 1 is 1.53 bits per heavy atom. The average Bonchev–Trinajstić information content (AvgIpc) is 2.96. The van der Waals surface area contributed by atoms with E-state index in [0.717, 1.165) is 17.8 Å². The van der Waals surface area contributed by atoms with Gasteiger partial charge in [-0.3, -0.25) is 0 Å². The van der Waals surface area contributed by atoms with E-state index in [0.29, 0.717) is 11.6 Å². The number of nitrogens with zero attached hydrogens (tertiary/aromatic N) is 2. The fourth-order valence-corrected chi connectivity index (χ4v) is 3.12. The van der Waals surface area contributed by atoms with Crippen molar-refractivity contribution in [2.45, 2.75) is 31.7 Å². The van der Waals surface area contributed by atoms with Crippen molar-refractivity contribution in [2.75, 3.05) is 24.8 Å². The summed E-state index contributed by atoms with van der Waals surface area (Å²) in [6.45, 7) is 0. The normalized spacial score (nSPS) is 16.1. The maximum Gasteiger partial charge on any atom is 0.344 e. The van der Waals surface area contributed by atoms with Gasteiger partial charge in [-0.1, -0.05) is 12.8 Å². The van der Waals surface area contributed by atoms with Gasteiger partial charge in [0.25, 0.3) is 0 Å². The van der Waals surface area contributed by atoms with Crippen LogP contribution < -0.4 is 10.6 Å². The molecular formula is C11H17N3O2S. The molecule has 5 nitrogen and oxygen atoms in total. The number of nitrogen functional groups attached to an aromatic ring is 1. The van der Waals surface area contributed by atoms with Crippen molar-refractivity contribution >= 4 is 28.3 Å². The van der Waals surface area contributed by atoms with E-state index in [1.54, 1.807) is 0 Å². The Morgan fingerprint density at radius 3 is 2.76 bits per heavy atom. The first-order valence-electron chi connectivity index (χ1n) is 5.71. The number of hydrogen-bond donors (Lipinski definition) is 1. The highest BCUT2D eigenvalue weighted by atomic mass is 32.1. The van der Waals surface area contributed by atoms with Gasteiger partial charge in [-0.25, -0.2) is 4.79 Å². The summed E-state index contributed by atoms with van der Waals surface area (Å²) >= 11 is 1.26. The Kier molecular flexibility index (Phi) is 3.51. The van der Waals surface area contributed by atoms with E-state index in [1.165, 1.54) is 31.5 Å². The SMILES string of the molecule is COC(=O)c1c(N)nsc1N(C)C1CCCC1. The topological polar surface area (TPSA) is 68.5 Å². The summed E-state index contributed by atoms with van der Waals surface area (Å²) < 4.78 is 8.80. The van der Waals surface area contributed by atoms with Crippen LogP contribution in [0.4, 0.5) is 10.8 Å². The fraction of sp³-hybridized carbons (Fsp3) is 0.636. The van der Waals surface area contributed by atoms with E-state index in [9.17, 15) is 4.79 Å². The maximum absolute atomic E-state index is 11.7. The molecule has 0 radical (unpaired) electrons. The predicted molar refractivity (Wildman–Crippen MR) is 68.5 cm³/mol. The zero-order chi connectivity index (χ0) is 12.4. The van der Waals surface area contributed by atoms with Gasteiger partial charge in [0.2, 0.25) is 0 Å². The number of nitrogens with two attached hydrogens (primary N) is 1. The van der Waals surface area contributed by atoms with Crippen molar-refractivity contribution in [3.05, 3.63) is 5.56 Å². The lowest BCUT2D eigenvalue weighted by Gasteiger charge is -2.25. The van der Waals surface area contributed by atoms with Gasteiger partial charge >= 0.3 is 5.97 Å². The number of ether oxygens (including phenoxy) is 1. The van der Waals surface area contributed by atoms with Crippen LogP contribution in [0.2, 0.25) is 0 Å². The maximum atomic E-state index is 11.7. The molecule has 94 valence electrons. The second-order valence-electron chi connectivity index (χ2n) is 4.29. The Hall–Kier alpha value is -1.30. The summed E-state index contributed by atoms with van der Waals surface area (Å²) in [6.07, 6.45) is 4.82. The number of anilines is 2. The molecule has 1 aliphatic rings. The highest BCUT2D eigenvalue weighted by Gasteiger charge is 2.27. The zero-order valence-corrected chi connectivity index (χ0v) is 10.9. The van der Waals surface area contributed by atoms with Crippen LogP contribution in [-0.4, -0.2) is 30.5 Å². The van der Waals surface area contributed by atoms with Gasteiger partial charge in [0.1, 0.15) is 10.6 Å². The summed E-state index contributed by atoms with van der Waals surface area (Å²) in [4.78, 5) is 13.8. The third kappa shape index (κ3) is 2.22. The van der Waals surface area contributed by atoms with E-state index < -0.39 is 5.97 Å². The molecule has 0 bridgehead atoms. The van der Waals surface area contributed by atoms with Crippen molar-refractivity contribution in [1.29, 1.82) is 0 Å². The van der Waals surface area contributed by atoms with Crippen LogP contribution >= 0.6 is 11.5 Å². The summed E-state index contributed by atoms with van der Waals surface area (Å²) in [5.74, 6) is -0.141. The number of methoxy groups -OCH3 is 1. The largest absolute Gasteiger partial charge is 0.465 e. The smallest absolute Gasteiger partial charge is 0.344 e. The molecule has 1 saturated carbocycles. The van der Waals surface area contributed by atoms with Crippen molar-refractivity contribution in [3.63, 3.8) is 0 Å². The quantitative estimate of drug-likeness (QED) is 0.835. The molecule has 0 aromatic carbocycles. The molecule has 2 N–H and O–H groups in total. The first-order valence-corrected chi connectivity index (χ1v) is 6.48. The van der Waals surface area contributed by atoms with Gasteiger partial charge in [-0.2, -0.15) is 4.37 Å². The van der Waals surface area contributed by atoms with E-state index >= 15 is 0 Å². The monoisotopic (exact) mass is 255 g/mol. The van der Waals surface area contributed by atoms with Crippen LogP contribution in [0.5, 0.6) is 0 Å². The number of rotatable bonds is 3. The molecule has 0 amide bonds. The lowest BCUT2D eigenvalue weighted by atomic mass is 10.2. The third-order valence-electron chi connectivity index (χ3n) is 3.28. The molecule has 1 aromatic rings. The van der Waals surface area contributed by atoms with Gasteiger partial charge in [0.15, 0.2) is 5.82 Å². The first-order chi connectivity index (χ1) is 8.15. The Labute approximate surface area is 105 Å². The van der Waals surface area contributed by atoms with Crippen molar-refractivity contribution in [2.24, 2.45) is 0 Å². The Bertz CT molecular complexity index is 413. The third-order valence-corrected chi connectivity index (χ3v) is 4.24. The minimum Gasteiger partial charge on any atom is -0.465 e. The van der Waals surface area contributed by atoms with Crippen molar-refractivity contribution in [1.82, 2.24) is 4.37 Å². The van der Waals surface area contributed by atoms with E-state index in [-0.39, 0.29) is 5.82 Å². The minimum absolute atomic E-state index is 0.265. The number of hydrogen-bond acceptors (Lipinski definition) is 6. The van der Waals surface area contributed by atoms with Crippen molar-refractivity contribution in [3.8, 4) is 0 Å². The molecule has 2 rings (SSSR count). The molecule has 0 atom stereocenters. The molecular weight excluding hydrogens is 238 g/mol. The van der Waals surface area contributed by atoms with Crippen LogP contribution in [0, 0.1) is 0 Å². The number of aromatic nitrogens is 1.